The number of alkyl halides is 1. The molecule has 3 rings (SSSR count). The number of hydrogen-bond acceptors (Lipinski definition) is 4. The van der Waals surface area contributed by atoms with Gasteiger partial charge in [0.2, 0.25) is 5.91 Å². The fourth-order valence-corrected chi connectivity index (χ4v) is 5.33. The minimum absolute atomic E-state index is 0.00940. The smallest absolute Gasteiger partial charge is 0.241 e. The second-order valence-electron chi connectivity index (χ2n) is 5.73. The molecule has 2 heterocycles. The first-order valence-electron chi connectivity index (χ1n) is 6.61. The van der Waals surface area contributed by atoms with Crippen molar-refractivity contribution >= 4 is 45.7 Å². The van der Waals surface area contributed by atoms with Crippen molar-refractivity contribution in [2.75, 3.05) is 0 Å². The quantitative estimate of drug-likeness (QED) is 0.356. The Morgan fingerprint density at radius 2 is 2.05 bits per heavy atom. The zero-order valence-electron chi connectivity index (χ0n) is 11.6. The van der Waals surface area contributed by atoms with Gasteiger partial charge < -0.3 is 4.90 Å². The summed E-state index contributed by atoms with van der Waals surface area (Å²) in [5.41, 5.74) is 0.757. The average Bonchev–Trinajstić information content (AvgIpc) is 2.74. The zero-order chi connectivity index (χ0) is 15.4. The molecular weight excluding hydrogens is 354 g/mol. The molecule has 0 aromatic heterocycles. The van der Waals surface area contributed by atoms with Crippen molar-refractivity contribution in [3.8, 4) is 0 Å². The molecule has 6 heteroatoms. The lowest BCUT2D eigenvalue weighted by Crippen LogP contribution is -2.63. The summed E-state index contributed by atoms with van der Waals surface area (Å²) < 4.78 is -0.379. The maximum Gasteiger partial charge on any atom is 0.241 e. The number of carbonyl (C=O) groups excluding carboxylic acids is 3. The summed E-state index contributed by atoms with van der Waals surface area (Å²) in [5.74, 6) is -0.217. The largest absolute Gasteiger partial charge is 0.316 e. The van der Waals surface area contributed by atoms with E-state index in [1.54, 1.807) is 40.9 Å². The molecule has 0 saturated carbocycles. The monoisotopic (exact) mass is 367 g/mol. The Bertz CT molecular complexity index is 646. The number of thioether (sulfide) groups is 1. The van der Waals surface area contributed by atoms with E-state index in [1.807, 2.05) is 13.8 Å². The van der Waals surface area contributed by atoms with Gasteiger partial charge >= 0.3 is 0 Å². The summed E-state index contributed by atoms with van der Waals surface area (Å²) in [4.78, 5) is 37.5. The Morgan fingerprint density at radius 3 is 2.71 bits per heavy atom. The summed E-state index contributed by atoms with van der Waals surface area (Å²) in [6, 6.07) is 6.20. The SMILES string of the molecule is CC1(C)S[C@@H]2[C@H](Br)C(=O)N2[C@H]1C(=O)c1ccccc1C=O. The maximum atomic E-state index is 12.9. The van der Waals surface area contributed by atoms with E-state index < -0.39 is 6.04 Å². The first kappa shape index (κ1) is 14.8. The van der Waals surface area contributed by atoms with E-state index >= 15 is 0 Å². The number of amides is 1. The number of β-lactam (4-membered cyclic amide) rings is 1. The molecule has 0 radical (unpaired) electrons. The lowest BCUT2D eigenvalue weighted by Gasteiger charge is -2.41. The number of Topliss-reactive ketones (excluding diaryl/α,β-unsaturated/α-hetero) is 1. The Hall–Kier alpha value is -1.14. The lowest BCUT2D eigenvalue weighted by atomic mass is 9.89. The van der Waals surface area contributed by atoms with Crippen molar-refractivity contribution in [2.24, 2.45) is 0 Å². The number of rotatable bonds is 3. The Balaban J connectivity index is 2.01. The van der Waals surface area contributed by atoms with E-state index in [4.69, 9.17) is 0 Å². The van der Waals surface area contributed by atoms with E-state index in [0.29, 0.717) is 17.4 Å². The summed E-state index contributed by atoms with van der Waals surface area (Å²) in [7, 11) is 0. The summed E-state index contributed by atoms with van der Waals surface area (Å²) in [6.45, 7) is 3.93. The molecule has 3 atom stereocenters. The summed E-state index contributed by atoms with van der Waals surface area (Å²) >= 11 is 4.99. The molecule has 0 bridgehead atoms. The number of aldehydes is 1. The van der Waals surface area contributed by atoms with Crippen LogP contribution in [0.25, 0.3) is 0 Å². The van der Waals surface area contributed by atoms with Crippen molar-refractivity contribution in [1.82, 2.24) is 4.90 Å². The maximum absolute atomic E-state index is 12.9. The number of nitrogens with zero attached hydrogens (tertiary/aromatic N) is 1. The normalized spacial score (nSPS) is 29.8. The Labute approximate surface area is 135 Å². The summed E-state index contributed by atoms with van der Waals surface area (Å²) in [6.07, 6.45) is 0.686. The highest BCUT2D eigenvalue weighted by molar-refractivity contribution is 9.10. The van der Waals surface area contributed by atoms with Gasteiger partial charge in [0.15, 0.2) is 12.1 Å². The molecule has 1 amide bonds. The molecule has 2 aliphatic heterocycles. The number of benzene rings is 1. The van der Waals surface area contributed by atoms with Gasteiger partial charge in [0.05, 0.1) is 0 Å². The molecule has 0 spiro atoms. The first-order chi connectivity index (χ1) is 9.88. The fraction of sp³-hybridized carbons (Fsp3) is 0.400. The van der Waals surface area contributed by atoms with Crippen LogP contribution in [0.4, 0.5) is 0 Å². The lowest BCUT2D eigenvalue weighted by molar-refractivity contribution is -0.141. The van der Waals surface area contributed by atoms with E-state index in [0.717, 1.165) is 0 Å². The third kappa shape index (κ3) is 2.07. The molecule has 1 aromatic rings. The van der Waals surface area contributed by atoms with E-state index in [2.05, 4.69) is 15.9 Å². The van der Waals surface area contributed by atoms with Crippen molar-refractivity contribution in [1.29, 1.82) is 0 Å². The van der Waals surface area contributed by atoms with Gasteiger partial charge in [0, 0.05) is 15.9 Å². The second-order valence-corrected chi connectivity index (χ2v) is 8.49. The summed E-state index contributed by atoms with van der Waals surface area (Å²) in [5, 5.41) is -0.00940. The van der Waals surface area contributed by atoms with E-state index in [1.165, 1.54) is 0 Å². The molecule has 21 heavy (non-hydrogen) atoms. The zero-order valence-corrected chi connectivity index (χ0v) is 14.0. The van der Waals surface area contributed by atoms with Crippen LogP contribution in [0.2, 0.25) is 0 Å². The van der Waals surface area contributed by atoms with Gasteiger partial charge in [0.25, 0.3) is 0 Å². The first-order valence-corrected chi connectivity index (χ1v) is 8.40. The number of hydrogen-bond donors (Lipinski definition) is 0. The van der Waals surface area contributed by atoms with Crippen LogP contribution in [0.15, 0.2) is 24.3 Å². The molecule has 4 nitrogen and oxygen atoms in total. The molecule has 0 aliphatic carbocycles. The van der Waals surface area contributed by atoms with Gasteiger partial charge in [-0.05, 0) is 13.8 Å². The molecule has 2 aliphatic rings. The van der Waals surface area contributed by atoms with Crippen LogP contribution in [0.3, 0.4) is 0 Å². The van der Waals surface area contributed by atoms with Gasteiger partial charge in [0.1, 0.15) is 16.2 Å². The molecule has 2 saturated heterocycles. The number of halogens is 1. The number of ketones is 1. The molecule has 1 aromatic carbocycles. The molecule has 0 unspecified atom stereocenters. The van der Waals surface area contributed by atoms with Crippen molar-refractivity contribution in [2.45, 2.75) is 34.8 Å². The van der Waals surface area contributed by atoms with E-state index in [9.17, 15) is 14.4 Å². The fourth-order valence-electron chi connectivity index (χ4n) is 2.96. The Kier molecular flexibility index (Phi) is 3.48. The van der Waals surface area contributed by atoms with Crippen LogP contribution in [0, 0.1) is 0 Å². The van der Waals surface area contributed by atoms with Crippen LogP contribution >= 0.6 is 27.7 Å². The van der Waals surface area contributed by atoms with Crippen LogP contribution in [-0.4, -0.2) is 43.9 Å². The second kappa shape index (κ2) is 4.95. The molecular formula is C15H14BrNO3S. The highest BCUT2D eigenvalue weighted by Gasteiger charge is 2.62. The van der Waals surface area contributed by atoms with Crippen LogP contribution in [0.1, 0.15) is 34.6 Å². The highest BCUT2D eigenvalue weighted by atomic mass is 79.9. The topological polar surface area (TPSA) is 54.5 Å². The third-order valence-electron chi connectivity index (χ3n) is 3.98. The third-order valence-corrected chi connectivity index (χ3v) is 6.79. The minimum Gasteiger partial charge on any atom is -0.316 e. The predicted octanol–water partition coefficient (Wildman–Crippen LogP) is 2.51. The molecule has 110 valence electrons. The minimum atomic E-state index is -0.533. The number of carbonyl (C=O) groups is 3. The highest BCUT2D eigenvalue weighted by Crippen LogP contribution is 2.53. The van der Waals surface area contributed by atoms with E-state index in [-0.39, 0.29) is 26.6 Å². The van der Waals surface area contributed by atoms with Crippen molar-refractivity contribution in [3.05, 3.63) is 35.4 Å². The van der Waals surface area contributed by atoms with Crippen LogP contribution < -0.4 is 0 Å². The predicted molar refractivity (Wildman–Crippen MR) is 85.0 cm³/mol. The van der Waals surface area contributed by atoms with Crippen LogP contribution in [0.5, 0.6) is 0 Å². The number of fused-ring (bicyclic) bond motifs is 1. The Morgan fingerprint density at radius 1 is 1.38 bits per heavy atom. The van der Waals surface area contributed by atoms with Gasteiger partial charge in [-0.3, -0.25) is 14.4 Å². The standard InChI is InChI=1S/C15H14BrNO3S/c1-15(2)12(17-13(20)10(16)14(17)21-15)11(19)9-6-4-3-5-8(9)7-18/h3-7,10,12,14H,1-2H3/t10-,12+,14-/m1/s1. The van der Waals surface area contributed by atoms with Crippen molar-refractivity contribution in [3.63, 3.8) is 0 Å². The van der Waals surface area contributed by atoms with Gasteiger partial charge in [-0.15, -0.1) is 11.8 Å². The van der Waals surface area contributed by atoms with Gasteiger partial charge in [-0.1, -0.05) is 40.2 Å². The van der Waals surface area contributed by atoms with Gasteiger partial charge in [-0.2, -0.15) is 0 Å². The van der Waals surface area contributed by atoms with Gasteiger partial charge in [-0.25, -0.2) is 0 Å². The average molecular weight is 368 g/mol. The molecule has 0 N–H and O–H groups in total. The van der Waals surface area contributed by atoms with Crippen LogP contribution in [-0.2, 0) is 4.79 Å². The van der Waals surface area contributed by atoms with Crippen molar-refractivity contribution < 1.29 is 14.4 Å². The molecule has 2 fully saturated rings.